The zero-order valence-corrected chi connectivity index (χ0v) is 15.4. The lowest BCUT2D eigenvalue weighted by molar-refractivity contribution is -0.138. The van der Waals surface area contributed by atoms with Crippen LogP contribution in [0.5, 0.6) is 0 Å². The molecule has 0 spiro atoms. The van der Waals surface area contributed by atoms with Gasteiger partial charge in [0, 0.05) is 38.8 Å². The Labute approximate surface area is 160 Å². The van der Waals surface area contributed by atoms with E-state index < -0.39 is 11.7 Å². The molecular weight excluding hydrogens is 374 g/mol. The number of nitrogens with zero attached hydrogens (tertiary/aromatic N) is 3. The van der Waals surface area contributed by atoms with Crippen LogP contribution in [0.4, 0.5) is 23.4 Å². The number of aromatic nitrogens is 1. The molecular formula is C20H21F4N3O. The summed E-state index contributed by atoms with van der Waals surface area (Å²) < 4.78 is 50.9. The fourth-order valence-electron chi connectivity index (χ4n) is 3.35. The minimum Gasteiger partial charge on any atom is -0.357 e. The number of alkyl halides is 3. The van der Waals surface area contributed by atoms with Gasteiger partial charge in [-0.15, -0.1) is 0 Å². The van der Waals surface area contributed by atoms with Gasteiger partial charge in [-0.3, -0.25) is 4.79 Å². The van der Waals surface area contributed by atoms with Crippen molar-refractivity contribution < 1.29 is 22.4 Å². The zero-order valence-electron chi connectivity index (χ0n) is 15.4. The molecule has 0 radical (unpaired) electrons. The third kappa shape index (κ3) is 4.79. The summed E-state index contributed by atoms with van der Waals surface area (Å²) in [5, 5.41) is 0. The first-order chi connectivity index (χ1) is 13.2. The third-order valence-corrected chi connectivity index (χ3v) is 4.95. The van der Waals surface area contributed by atoms with Crippen molar-refractivity contribution in [3.05, 3.63) is 59.5 Å². The van der Waals surface area contributed by atoms with Crippen LogP contribution in [0.15, 0.2) is 42.6 Å². The largest absolute Gasteiger partial charge is 0.417 e. The molecule has 1 fully saturated rings. The molecule has 2 aromatic rings. The Morgan fingerprint density at radius 1 is 1.14 bits per heavy atom. The SMILES string of the molecule is CN(Cc1ccc(F)cc1)C(=O)C1CCN(c2ccc(C(F)(F)F)cn2)CC1. The van der Waals surface area contributed by atoms with Gasteiger partial charge in [0.2, 0.25) is 5.91 Å². The van der Waals surface area contributed by atoms with Gasteiger partial charge in [0.15, 0.2) is 0 Å². The lowest BCUT2D eigenvalue weighted by Crippen LogP contribution is -2.41. The summed E-state index contributed by atoms with van der Waals surface area (Å²) in [7, 11) is 1.72. The molecule has 0 atom stereocenters. The van der Waals surface area contributed by atoms with Crippen molar-refractivity contribution in [2.45, 2.75) is 25.6 Å². The Morgan fingerprint density at radius 2 is 1.79 bits per heavy atom. The van der Waals surface area contributed by atoms with E-state index in [-0.39, 0.29) is 17.6 Å². The summed E-state index contributed by atoms with van der Waals surface area (Å²) in [6.07, 6.45) is -2.35. The number of carbonyl (C=O) groups excluding carboxylic acids is 1. The van der Waals surface area contributed by atoms with Crippen molar-refractivity contribution >= 4 is 11.7 Å². The smallest absolute Gasteiger partial charge is 0.357 e. The van der Waals surface area contributed by atoms with E-state index in [1.165, 1.54) is 18.2 Å². The Bertz CT molecular complexity index is 798. The first-order valence-electron chi connectivity index (χ1n) is 9.01. The standard InChI is InChI=1S/C20H21F4N3O/c1-26(13-14-2-5-17(21)6-3-14)19(28)15-8-10-27(11-9-15)18-7-4-16(12-25-18)20(22,23)24/h2-7,12,15H,8-11,13H2,1H3. The quantitative estimate of drug-likeness (QED) is 0.731. The van der Waals surface area contributed by atoms with E-state index in [1.807, 2.05) is 4.90 Å². The highest BCUT2D eigenvalue weighted by molar-refractivity contribution is 5.79. The number of rotatable bonds is 4. The van der Waals surface area contributed by atoms with E-state index in [0.29, 0.717) is 38.3 Å². The summed E-state index contributed by atoms with van der Waals surface area (Å²) in [6.45, 7) is 1.51. The fraction of sp³-hybridized carbons (Fsp3) is 0.400. The van der Waals surface area contributed by atoms with Crippen molar-refractivity contribution in [1.29, 1.82) is 0 Å². The molecule has 3 rings (SSSR count). The molecule has 1 aromatic heterocycles. The number of amides is 1. The minimum absolute atomic E-state index is 0.0179. The van der Waals surface area contributed by atoms with Crippen LogP contribution in [0.3, 0.4) is 0 Å². The van der Waals surface area contributed by atoms with Crippen molar-refractivity contribution in [2.24, 2.45) is 5.92 Å². The number of pyridine rings is 1. The van der Waals surface area contributed by atoms with Gasteiger partial charge >= 0.3 is 6.18 Å². The van der Waals surface area contributed by atoms with Gasteiger partial charge in [-0.05, 0) is 42.7 Å². The van der Waals surface area contributed by atoms with E-state index in [0.717, 1.165) is 17.8 Å². The molecule has 1 amide bonds. The molecule has 0 saturated carbocycles. The Morgan fingerprint density at radius 3 is 2.32 bits per heavy atom. The lowest BCUT2D eigenvalue weighted by atomic mass is 9.95. The first-order valence-corrected chi connectivity index (χ1v) is 9.01. The molecule has 0 unspecified atom stereocenters. The maximum atomic E-state index is 13.0. The van der Waals surface area contributed by atoms with Crippen LogP contribution in [0.25, 0.3) is 0 Å². The summed E-state index contributed by atoms with van der Waals surface area (Å²) in [5.41, 5.74) is 0.0763. The average Bonchev–Trinajstić information content (AvgIpc) is 2.69. The second-order valence-corrected chi connectivity index (χ2v) is 6.98. The molecule has 150 valence electrons. The highest BCUT2D eigenvalue weighted by Gasteiger charge is 2.32. The fourth-order valence-corrected chi connectivity index (χ4v) is 3.35. The van der Waals surface area contributed by atoms with Gasteiger partial charge in [-0.1, -0.05) is 12.1 Å². The van der Waals surface area contributed by atoms with Crippen LogP contribution in [0.2, 0.25) is 0 Å². The predicted molar refractivity (Wildman–Crippen MR) is 97.1 cm³/mol. The van der Waals surface area contributed by atoms with Crippen LogP contribution in [-0.2, 0) is 17.5 Å². The van der Waals surface area contributed by atoms with Gasteiger partial charge in [0.25, 0.3) is 0 Å². The Kier molecular flexibility index (Phi) is 5.86. The van der Waals surface area contributed by atoms with E-state index in [9.17, 15) is 22.4 Å². The summed E-state index contributed by atoms with van der Waals surface area (Å²) in [5.74, 6) is 0.0426. The number of hydrogen-bond donors (Lipinski definition) is 0. The van der Waals surface area contributed by atoms with Crippen LogP contribution in [0.1, 0.15) is 24.0 Å². The van der Waals surface area contributed by atoms with Crippen LogP contribution in [-0.4, -0.2) is 35.9 Å². The Balaban J connectivity index is 1.54. The van der Waals surface area contributed by atoms with Crippen LogP contribution in [0, 0.1) is 11.7 Å². The number of carbonyl (C=O) groups is 1. The summed E-state index contributed by atoms with van der Waals surface area (Å²) >= 11 is 0. The minimum atomic E-state index is -4.40. The van der Waals surface area contributed by atoms with Crippen molar-refractivity contribution in [3.63, 3.8) is 0 Å². The zero-order chi connectivity index (χ0) is 20.3. The number of anilines is 1. The highest BCUT2D eigenvalue weighted by atomic mass is 19.4. The third-order valence-electron chi connectivity index (χ3n) is 4.95. The molecule has 0 bridgehead atoms. The van der Waals surface area contributed by atoms with E-state index in [1.54, 1.807) is 24.1 Å². The van der Waals surface area contributed by atoms with E-state index in [4.69, 9.17) is 0 Å². The van der Waals surface area contributed by atoms with Gasteiger partial charge < -0.3 is 9.80 Å². The summed E-state index contributed by atoms with van der Waals surface area (Å²) in [4.78, 5) is 20.1. The van der Waals surface area contributed by atoms with Gasteiger partial charge in [0.1, 0.15) is 11.6 Å². The second kappa shape index (κ2) is 8.16. The average molecular weight is 395 g/mol. The lowest BCUT2D eigenvalue weighted by Gasteiger charge is -2.34. The molecule has 1 aromatic carbocycles. The highest BCUT2D eigenvalue weighted by Crippen LogP contribution is 2.30. The molecule has 1 saturated heterocycles. The van der Waals surface area contributed by atoms with Gasteiger partial charge in [-0.25, -0.2) is 9.37 Å². The van der Waals surface area contributed by atoms with Gasteiger partial charge in [-0.2, -0.15) is 13.2 Å². The topological polar surface area (TPSA) is 36.4 Å². The number of hydrogen-bond acceptors (Lipinski definition) is 3. The molecule has 8 heteroatoms. The molecule has 1 aliphatic rings. The molecule has 0 N–H and O–H groups in total. The number of benzene rings is 1. The monoisotopic (exact) mass is 395 g/mol. The van der Waals surface area contributed by atoms with Crippen molar-refractivity contribution in [3.8, 4) is 0 Å². The normalized spacial score (nSPS) is 15.5. The van der Waals surface area contributed by atoms with Crippen LogP contribution < -0.4 is 4.90 Å². The van der Waals surface area contributed by atoms with E-state index in [2.05, 4.69) is 4.98 Å². The second-order valence-electron chi connectivity index (χ2n) is 6.98. The number of piperidine rings is 1. The van der Waals surface area contributed by atoms with Crippen LogP contribution >= 0.6 is 0 Å². The van der Waals surface area contributed by atoms with Gasteiger partial charge in [0.05, 0.1) is 5.56 Å². The predicted octanol–water partition coefficient (Wildman–Crippen LogP) is 4.11. The molecule has 2 heterocycles. The maximum Gasteiger partial charge on any atom is 0.417 e. The maximum absolute atomic E-state index is 13.0. The van der Waals surface area contributed by atoms with E-state index >= 15 is 0 Å². The molecule has 0 aliphatic carbocycles. The first kappa shape index (κ1) is 20.1. The number of halogens is 4. The van der Waals surface area contributed by atoms with Crippen molar-refractivity contribution in [2.75, 3.05) is 25.0 Å². The molecule has 28 heavy (non-hydrogen) atoms. The summed E-state index contributed by atoms with van der Waals surface area (Å²) in [6, 6.07) is 8.42. The van der Waals surface area contributed by atoms with Crippen molar-refractivity contribution in [1.82, 2.24) is 9.88 Å². The Hall–Kier alpha value is -2.64. The molecule has 1 aliphatic heterocycles. The molecule has 4 nitrogen and oxygen atoms in total.